The normalized spacial score (nSPS) is 18.8. The molecular weight excluding hydrogens is 364 g/mol. The van der Waals surface area contributed by atoms with Crippen LogP contribution in [-0.4, -0.2) is 38.6 Å². The van der Waals surface area contributed by atoms with Gasteiger partial charge < -0.3 is 9.72 Å². The minimum Gasteiger partial charge on any atom is -0.491 e. The number of imidazole rings is 1. The number of alkyl halides is 2. The molecule has 1 aliphatic rings. The van der Waals surface area contributed by atoms with Gasteiger partial charge in [-0.05, 0) is 17.9 Å². The topological polar surface area (TPSA) is 66.9 Å². The lowest BCUT2D eigenvalue weighted by molar-refractivity contribution is 0.00885. The van der Waals surface area contributed by atoms with Crippen molar-refractivity contribution in [3.8, 4) is 5.75 Å². The lowest BCUT2D eigenvalue weighted by Gasteiger charge is -2.30. The summed E-state index contributed by atoms with van der Waals surface area (Å²) in [7, 11) is 0. The Hall–Kier alpha value is -3.29. The predicted octanol–water partition coefficient (Wildman–Crippen LogP) is 4.15. The van der Waals surface area contributed by atoms with Crippen molar-refractivity contribution >= 4 is 27.8 Å². The van der Waals surface area contributed by atoms with Crippen LogP contribution in [0.1, 0.15) is 12.8 Å². The third kappa shape index (κ3) is 2.72. The van der Waals surface area contributed by atoms with E-state index < -0.39 is 12.1 Å². The maximum absolute atomic E-state index is 14.7. The van der Waals surface area contributed by atoms with Crippen molar-refractivity contribution in [2.45, 2.75) is 24.9 Å². The fourth-order valence-electron chi connectivity index (χ4n) is 3.79. The fourth-order valence-corrected chi connectivity index (χ4v) is 3.79. The molecule has 6 nitrogen and oxygen atoms in total. The zero-order valence-electron chi connectivity index (χ0n) is 14.8. The number of ether oxygens (including phenoxy) is 1. The molecule has 1 saturated heterocycles. The van der Waals surface area contributed by atoms with Crippen LogP contribution in [0.5, 0.6) is 5.75 Å². The van der Waals surface area contributed by atoms with Crippen molar-refractivity contribution in [2.75, 3.05) is 11.5 Å². The van der Waals surface area contributed by atoms with E-state index in [1.165, 1.54) is 12.7 Å². The molecule has 0 spiro atoms. The van der Waals surface area contributed by atoms with Crippen LogP contribution in [0.15, 0.2) is 55.1 Å². The summed E-state index contributed by atoms with van der Waals surface area (Å²) < 4.78 is 35.5. The monoisotopic (exact) mass is 381 g/mol. The molecule has 4 aromatic rings. The summed E-state index contributed by atoms with van der Waals surface area (Å²) in [5.74, 6) is 0.833. The van der Waals surface area contributed by atoms with Gasteiger partial charge in [-0.3, -0.25) is 4.90 Å². The van der Waals surface area contributed by atoms with Crippen molar-refractivity contribution in [3.63, 3.8) is 0 Å². The molecule has 0 radical (unpaired) electrons. The first-order valence-electron chi connectivity index (χ1n) is 9.05. The molecule has 0 amide bonds. The maximum Gasteiger partial charge on any atom is 0.327 e. The van der Waals surface area contributed by atoms with Crippen molar-refractivity contribution < 1.29 is 13.5 Å². The molecule has 0 aliphatic carbocycles. The summed E-state index contributed by atoms with van der Waals surface area (Å²) in [4.78, 5) is 16.1. The number of H-pyrrole nitrogens is 1. The van der Waals surface area contributed by atoms with Gasteiger partial charge in [0.2, 0.25) is 0 Å². The average Bonchev–Trinajstić information content (AvgIpc) is 3.30. The van der Waals surface area contributed by atoms with E-state index in [9.17, 15) is 8.78 Å². The lowest BCUT2D eigenvalue weighted by Crippen LogP contribution is -2.44. The Morgan fingerprint density at radius 3 is 2.89 bits per heavy atom. The van der Waals surface area contributed by atoms with E-state index >= 15 is 0 Å². The van der Waals surface area contributed by atoms with Crippen LogP contribution in [-0.2, 0) is 0 Å². The molecule has 1 fully saturated rings. The standard InChI is InChI=1S/C20H17F2N5O/c21-20(22)9-8-14(27(20)19-17-18(24-11-23-17)25-12-26-19)10-28-16-7-3-5-13-4-1-2-6-15(13)16/h1-7,11-12,14H,8-10H2,(H,23,24,25,26)/t14-/m1/s1. The van der Waals surface area contributed by atoms with Gasteiger partial charge >= 0.3 is 6.05 Å². The number of nitrogens with zero attached hydrogens (tertiary/aromatic N) is 4. The second kappa shape index (κ2) is 6.40. The van der Waals surface area contributed by atoms with Gasteiger partial charge in [-0.15, -0.1) is 0 Å². The van der Waals surface area contributed by atoms with E-state index in [1.54, 1.807) is 0 Å². The average molecular weight is 381 g/mol. The second-order valence-electron chi connectivity index (χ2n) is 6.82. The van der Waals surface area contributed by atoms with Gasteiger partial charge in [0.1, 0.15) is 24.2 Å². The minimum atomic E-state index is -3.01. The van der Waals surface area contributed by atoms with E-state index in [4.69, 9.17) is 4.74 Å². The summed E-state index contributed by atoms with van der Waals surface area (Å²) in [5.41, 5.74) is 0.764. The zero-order chi connectivity index (χ0) is 19.1. The predicted molar refractivity (Wildman–Crippen MR) is 102 cm³/mol. The number of anilines is 1. The molecule has 0 bridgehead atoms. The highest BCUT2D eigenvalue weighted by Gasteiger charge is 2.49. The third-order valence-corrected chi connectivity index (χ3v) is 5.11. The molecule has 28 heavy (non-hydrogen) atoms. The fraction of sp³-hybridized carbons (Fsp3) is 0.250. The summed E-state index contributed by atoms with van der Waals surface area (Å²) in [6.45, 7) is 0.128. The van der Waals surface area contributed by atoms with Gasteiger partial charge in [0, 0.05) is 11.8 Å². The molecule has 5 rings (SSSR count). The number of fused-ring (bicyclic) bond motifs is 2. The van der Waals surface area contributed by atoms with Gasteiger partial charge in [0.25, 0.3) is 0 Å². The van der Waals surface area contributed by atoms with Crippen molar-refractivity contribution in [2.24, 2.45) is 0 Å². The van der Waals surface area contributed by atoms with E-state index in [-0.39, 0.29) is 18.8 Å². The van der Waals surface area contributed by atoms with E-state index in [0.717, 1.165) is 15.7 Å². The SMILES string of the molecule is FC1(F)CC[C@H](COc2cccc3ccccc23)N1c1ncnc2nc[nH]c12. The van der Waals surface area contributed by atoms with Crippen LogP contribution in [0.4, 0.5) is 14.6 Å². The highest BCUT2D eigenvalue weighted by Crippen LogP contribution is 2.41. The molecule has 1 atom stereocenters. The highest BCUT2D eigenvalue weighted by molar-refractivity contribution is 5.88. The summed E-state index contributed by atoms with van der Waals surface area (Å²) in [6.07, 6.45) is 2.74. The summed E-state index contributed by atoms with van der Waals surface area (Å²) in [5, 5.41) is 2.00. The summed E-state index contributed by atoms with van der Waals surface area (Å²) in [6, 6.07) is 10.1. The molecule has 0 saturated carbocycles. The Labute approximate surface area is 159 Å². The Bertz CT molecular complexity index is 1140. The molecule has 8 heteroatoms. The number of hydrogen-bond donors (Lipinski definition) is 1. The first-order valence-corrected chi connectivity index (χ1v) is 9.05. The van der Waals surface area contributed by atoms with Crippen LogP contribution < -0.4 is 9.64 Å². The van der Waals surface area contributed by atoms with Crippen LogP contribution in [0.3, 0.4) is 0 Å². The van der Waals surface area contributed by atoms with Crippen LogP contribution in [0.2, 0.25) is 0 Å². The number of aromatic nitrogens is 4. The Morgan fingerprint density at radius 2 is 1.96 bits per heavy atom. The van der Waals surface area contributed by atoms with Crippen molar-refractivity contribution in [1.29, 1.82) is 0 Å². The molecule has 1 N–H and O–H groups in total. The maximum atomic E-state index is 14.7. The Balaban J connectivity index is 1.46. The number of halogens is 2. The van der Waals surface area contributed by atoms with Crippen molar-refractivity contribution in [3.05, 3.63) is 55.1 Å². The quantitative estimate of drug-likeness (QED) is 0.538. The first-order chi connectivity index (χ1) is 13.6. The second-order valence-corrected chi connectivity index (χ2v) is 6.82. The lowest BCUT2D eigenvalue weighted by atomic mass is 10.1. The molecule has 2 aromatic heterocycles. The summed E-state index contributed by atoms with van der Waals surface area (Å²) >= 11 is 0. The van der Waals surface area contributed by atoms with Crippen LogP contribution in [0.25, 0.3) is 21.9 Å². The Kier molecular flexibility index (Phi) is 3.85. The van der Waals surface area contributed by atoms with Crippen molar-refractivity contribution in [1.82, 2.24) is 19.9 Å². The molecule has 3 heterocycles. The van der Waals surface area contributed by atoms with Crippen LogP contribution in [0, 0.1) is 0 Å². The first kappa shape index (κ1) is 16.9. The minimum absolute atomic E-state index is 0.128. The highest BCUT2D eigenvalue weighted by atomic mass is 19.3. The van der Waals surface area contributed by atoms with E-state index in [2.05, 4.69) is 19.9 Å². The third-order valence-electron chi connectivity index (χ3n) is 5.11. The zero-order valence-corrected chi connectivity index (χ0v) is 14.8. The molecule has 1 aliphatic heterocycles. The van der Waals surface area contributed by atoms with Gasteiger partial charge in [-0.1, -0.05) is 36.4 Å². The van der Waals surface area contributed by atoms with Gasteiger partial charge in [0.05, 0.1) is 12.4 Å². The molecule has 142 valence electrons. The van der Waals surface area contributed by atoms with Gasteiger partial charge in [-0.2, -0.15) is 8.78 Å². The number of hydrogen-bond acceptors (Lipinski definition) is 5. The molecule has 2 aromatic carbocycles. The molecule has 0 unspecified atom stereocenters. The van der Waals surface area contributed by atoms with E-state index in [0.29, 0.717) is 23.3 Å². The number of rotatable bonds is 4. The van der Waals surface area contributed by atoms with Crippen LogP contribution >= 0.6 is 0 Å². The molecular formula is C20H17F2N5O. The van der Waals surface area contributed by atoms with Gasteiger partial charge in [-0.25, -0.2) is 15.0 Å². The smallest absolute Gasteiger partial charge is 0.327 e. The number of nitrogens with one attached hydrogen (secondary N) is 1. The van der Waals surface area contributed by atoms with Gasteiger partial charge in [0.15, 0.2) is 11.5 Å². The number of aromatic amines is 1. The number of benzene rings is 2. The Morgan fingerprint density at radius 1 is 1.11 bits per heavy atom. The largest absolute Gasteiger partial charge is 0.491 e. The van der Waals surface area contributed by atoms with E-state index in [1.807, 2.05) is 42.5 Å².